The molecule has 1 heterocycles. The quantitative estimate of drug-likeness (QED) is 0.799. The van der Waals surface area contributed by atoms with E-state index in [4.69, 9.17) is 5.73 Å². The summed E-state index contributed by atoms with van der Waals surface area (Å²) in [5, 5.41) is 1.89. The fourth-order valence-electron chi connectivity index (χ4n) is 2.03. The van der Waals surface area contributed by atoms with E-state index >= 15 is 0 Å². The van der Waals surface area contributed by atoms with Crippen LogP contribution in [0.2, 0.25) is 0 Å². The van der Waals surface area contributed by atoms with Gasteiger partial charge in [-0.15, -0.1) is 11.3 Å². The van der Waals surface area contributed by atoms with E-state index < -0.39 is 15.8 Å². The lowest BCUT2D eigenvalue weighted by Crippen LogP contribution is -2.29. The summed E-state index contributed by atoms with van der Waals surface area (Å²) in [5.74, 6) is -0.632. The maximum atomic E-state index is 13.3. The highest BCUT2D eigenvalue weighted by atomic mass is 32.2. The Morgan fingerprint density at radius 1 is 1.38 bits per heavy atom. The number of thiophene rings is 1. The van der Waals surface area contributed by atoms with Gasteiger partial charge in [-0.25, -0.2) is 17.5 Å². The van der Waals surface area contributed by atoms with E-state index in [0.29, 0.717) is 6.42 Å². The van der Waals surface area contributed by atoms with Crippen LogP contribution < -0.4 is 10.5 Å². The molecule has 0 bridgehead atoms. The first kappa shape index (κ1) is 15.9. The van der Waals surface area contributed by atoms with Gasteiger partial charge in [-0.1, -0.05) is 19.4 Å². The molecule has 2 rings (SSSR count). The number of halogens is 1. The van der Waals surface area contributed by atoms with Crippen LogP contribution in [0.25, 0.3) is 0 Å². The highest BCUT2D eigenvalue weighted by molar-refractivity contribution is 7.89. The Bertz CT molecular complexity index is 700. The molecule has 3 N–H and O–H groups in total. The minimum atomic E-state index is -3.87. The van der Waals surface area contributed by atoms with Crippen molar-refractivity contribution in [2.45, 2.75) is 30.7 Å². The van der Waals surface area contributed by atoms with Crippen molar-refractivity contribution in [3.05, 3.63) is 46.4 Å². The Kier molecular flexibility index (Phi) is 4.97. The largest absolute Gasteiger partial charge is 0.398 e. The molecule has 0 fully saturated rings. The second-order valence-electron chi connectivity index (χ2n) is 4.66. The Morgan fingerprint density at radius 3 is 2.76 bits per heavy atom. The van der Waals surface area contributed by atoms with E-state index in [9.17, 15) is 12.8 Å². The third kappa shape index (κ3) is 3.81. The molecule has 1 atom stereocenters. The molecule has 0 saturated carbocycles. The fraction of sp³-hybridized carbons (Fsp3) is 0.286. The van der Waals surface area contributed by atoms with Gasteiger partial charge in [0.25, 0.3) is 0 Å². The summed E-state index contributed by atoms with van der Waals surface area (Å²) in [6.45, 7) is 1.98. The maximum absolute atomic E-state index is 13.3. The average Bonchev–Trinajstić information content (AvgIpc) is 2.95. The summed E-state index contributed by atoms with van der Waals surface area (Å²) in [6.07, 6.45) is 1.48. The second-order valence-corrected chi connectivity index (χ2v) is 7.32. The van der Waals surface area contributed by atoms with Crippen LogP contribution >= 0.6 is 11.3 Å². The lowest BCUT2D eigenvalue weighted by atomic mass is 10.1. The van der Waals surface area contributed by atoms with Gasteiger partial charge in [-0.05, 0) is 36.1 Å². The summed E-state index contributed by atoms with van der Waals surface area (Å²) in [7, 11) is -3.87. The molecule has 1 aromatic carbocycles. The summed E-state index contributed by atoms with van der Waals surface area (Å²) in [6, 6.07) is 6.74. The number of hydrogen-bond donors (Lipinski definition) is 2. The first-order chi connectivity index (χ1) is 9.94. The molecule has 21 heavy (non-hydrogen) atoms. The highest BCUT2D eigenvalue weighted by Gasteiger charge is 2.23. The number of anilines is 1. The Hall–Kier alpha value is -1.44. The van der Waals surface area contributed by atoms with E-state index in [1.807, 2.05) is 24.4 Å². The van der Waals surface area contributed by atoms with Gasteiger partial charge in [0.2, 0.25) is 10.0 Å². The SMILES string of the molecule is CCCC(NS(=O)(=O)c1cc(F)ccc1N)c1cccs1. The minimum absolute atomic E-state index is 0.0327. The molecule has 0 radical (unpaired) electrons. The van der Waals surface area contributed by atoms with Gasteiger partial charge in [0.15, 0.2) is 0 Å². The molecule has 4 nitrogen and oxygen atoms in total. The molecule has 0 saturated heterocycles. The standard InChI is InChI=1S/C14H17FN2O2S2/c1-2-4-12(13-5-3-8-20-13)17-21(18,19)14-9-10(15)6-7-11(14)16/h3,5-9,12,17H,2,4,16H2,1H3. The lowest BCUT2D eigenvalue weighted by molar-refractivity contribution is 0.539. The van der Waals surface area contributed by atoms with E-state index in [2.05, 4.69) is 4.72 Å². The molecule has 0 aliphatic rings. The number of rotatable bonds is 6. The molecular formula is C14H17FN2O2S2. The van der Waals surface area contributed by atoms with Crippen LogP contribution in [0.1, 0.15) is 30.7 Å². The van der Waals surface area contributed by atoms with Crippen LogP contribution in [-0.4, -0.2) is 8.42 Å². The Labute approximate surface area is 127 Å². The number of nitrogens with two attached hydrogens (primary N) is 1. The molecule has 7 heteroatoms. The summed E-state index contributed by atoms with van der Waals surface area (Å²) in [5.41, 5.74) is 5.69. The molecule has 1 unspecified atom stereocenters. The zero-order valence-corrected chi connectivity index (χ0v) is 13.2. The summed E-state index contributed by atoms with van der Waals surface area (Å²) < 4.78 is 40.8. The molecule has 0 amide bonds. The third-order valence-electron chi connectivity index (χ3n) is 3.03. The monoisotopic (exact) mass is 328 g/mol. The molecule has 114 valence electrons. The van der Waals surface area contributed by atoms with Crippen molar-refractivity contribution < 1.29 is 12.8 Å². The van der Waals surface area contributed by atoms with Gasteiger partial charge in [0.1, 0.15) is 10.7 Å². The lowest BCUT2D eigenvalue weighted by Gasteiger charge is -2.17. The van der Waals surface area contributed by atoms with E-state index in [-0.39, 0.29) is 16.6 Å². The van der Waals surface area contributed by atoms with Crippen LogP contribution in [0, 0.1) is 5.82 Å². The van der Waals surface area contributed by atoms with Gasteiger partial charge in [0.05, 0.1) is 11.7 Å². The number of hydrogen-bond acceptors (Lipinski definition) is 4. The van der Waals surface area contributed by atoms with Crippen molar-refractivity contribution in [3.63, 3.8) is 0 Å². The second kappa shape index (κ2) is 6.55. The number of benzene rings is 1. The van der Waals surface area contributed by atoms with E-state index in [1.54, 1.807) is 0 Å². The normalized spacial score (nSPS) is 13.2. The number of sulfonamides is 1. The van der Waals surface area contributed by atoms with Gasteiger partial charge in [-0.3, -0.25) is 0 Å². The topological polar surface area (TPSA) is 72.2 Å². The molecule has 1 aromatic heterocycles. The highest BCUT2D eigenvalue weighted by Crippen LogP contribution is 2.27. The molecular weight excluding hydrogens is 311 g/mol. The van der Waals surface area contributed by atoms with Crippen LogP contribution in [0.5, 0.6) is 0 Å². The maximum Gasteiger partial charge on any atom is 0.243 e. The van der Waals surface area contributed by atoms with Crippen molar-refractivity contribution >= 4 is 27.0 Å². The molecule has 0 aliphatic carbocycles. The van der Waals surface area contributed by atoms with Gasteiger partial charge < -0.3 is 5.73 Å². The van der Waals surface area contributed by atoms with Crippen molar-refractivity contribution in [1.82, 2.24) is 4.72 Å². The van der Waals surface area contributed by atoms with Crippen molar-refractivity contribution in [2.24, 2.45) is 0 Å². The molecule has 0 aliphatic heterocycles. The first-order valence-electron chi connectivity index (χ1n) is 6.55. The first-order valence-corrected chi connectivity index (χ1v) is 8.91. The van der Waals surface area contributed by atoms with Crippen molar-refractivity contribution in [3.8, 4) is 0 Å². The molecule has 2 aromatic rings. The predicted octanol–water partition coefficient (Wildman–Crippen LogP) is 3.29. The number of nitrogen functional groups attached to an aromatic ring is 1. The van der Waals surface area contributed by atoms with Crippen molar-refractivity contribution in [1.29, 1.82) is 0 Å². The van der Waals surface area contributed by atoms with Gasteiger partial charge >= 0.3 is 0 Å². The molecule has 0 spiro atoms. The third-order valence-corrected chi connectivity index (χ3v) is 5.54. The van der Waals surface area contributed by atoms with Crippen molar-refractivity contribution in [2.75, 3.05) is 5.73 Å². The van der Waals surface area contributed by atoms with Gasteiger partial charge in [0, 0.05) is 4.88 Å². The van der Waals surface area contributed by atoms with Gasteiger partial charge in [-0.2, -0.15) is 0 Å². The zero-order valence-electron chi connectivity index (χ0n) is 11.5. The van der Waals surface area contributed by atoms with E-state index in [0.717, 1.165) is 23.4 Å². The Morgan fingerprint density at radius 2 is 2.14 bits per heavy atom. The van der Waals surface area contributed by atoms with Crippen LogP contribution in [-0.2, 0) is 10.0 Å². The summed E-state index contributed by atoms with van der Waals surface area (Å²) in [4.78, 5) is 0.704. The van der Waals surface area contributed by atoms with E-state index in [1.165, 1.54) is 17.4 Å². The predicted molar refractivity (Wildman–Crippen MR) is 83.1 cm³/mol. The Balaban J connectivity index is 2.32. The average molecular weight is 328 g/mol. The van der Waals surface area contributed by atoms with Crippen LogP contribution in [0.15, 0.2) is 40.6 Å². The smallest absolute Gasteiger partial charge is 0.243 e. The fourth-order valence-corrected chi connectivity index (χ4v) is 4.31. The van der Waals surface area contributed by atoms with Crippen LogP contribution in [0.4, 0.5) is 10.1 Å². The zero-order chi connectivity index (χ0) is 15.5. The van der Waals surface area contributed by atoms with Crippen LogP contribution in [0.3, 0.4) is 0 Å². The minimum Gasteiger partial charge on any atom is -0.398 e. The summed E-state index contributed by atoms with van der Waals surface area (Å²) >= 11 is 1.48. The number of nitrogens with one attached hydrogen (secondary N) is 1.